The van der Waals surface area contributed by atoms with Gasteiger partial charge in [-0.2, -0.15) is 5.10 Å². The second-order valence-corrected chi connectivity index (χ2v) is 6.87. The molecule has 1 heterocycles. The first-order chi connectivity index (χ1) is 12.1. The Morgan fingerprint density at radius 1 is 1.31 bits per heavy atom. The Kier molecular flexibility index (Phi) is 6.85. The standard InChI is InChI=1S/C16H16Cl3F2N3O2/c1-8(4-10-12(18)5-9(17)6-13(10)19)24(26-3)16(25)14-11(15(20)21)7-23(2)22-14/h5-8,15H,4H2,1-3H3/t8-/m0/s1. The maximum atomic E-state index is 13.1. The molecule has 0 aliphatic rings. The van der Waals surface area contributed by atoms with Crippen molar-refractivity contribution < 1.29 is 18.4 Å². The van der Waals surface area contributed by atoms with Gasteiger partial charge in [0.1, 0.15) is 0 Å². The molecule has 1 atom stereocenters. The SMILES string of the molecule is CON(C(=O)c1nn(C)cc1C(F)F)[C@@H](C)Cc1c(Cl)cc(Cl)cc1Cl. The molecular formula is C16H16Cl3F2N3O2. The van der Waals surface area contributed by atoms with Gasteiger partial charge in [-0.15, -0.1) is 0 Å². The Morgan fingerprint density at radius 2 is 1.88 bits per heavy atom. The molecule has 10 heteroatoms. The van der Waals surface area contributed by atoms with Crippen molar-refractivity contribution in [1.82, 2.24) is 14.8 Å². The third-order valence-corrected chi connectivity index (χ3v) is 4.59. The minimum atomic E-state index is -2.84. The smallest absolute Gasteiger partial charge is 0.275 e. The number of rotatable bonds is 6. The van der Waals surface area contributed by atoms with Crippen LogP contribution in [0.5, 0.6) is 0 Å². The Hall–Kier alpha value is -1.41. The summed E-state index contributed by atoms with van der Waals surface area (Å²) in [6.45, 7) is 1.67. The van der Waals surface area contributed by atoms with Gasteiger partial charge in [0.2, 0.25) is 0 Å². The summed E-state index contributed by atoms with van der Waals surface area (Å²) in [6, 6.07) is 2.50. The van der Waals surface area contributed by atoms with E-state index in [0.29, 0.717) is 20.6 Å². The number of carbonyl (C=O) groups is 1. The molecule has 0 spiro atoms. The summed E-state index contributed by atoms with van der Waals surface area (Å²) >= 11 is 18.2. The molecule has 0 aliphatic carbocycles. The predicted octanol–water partition coefficient (Wildman–Crippen LogP) is 4.95. The molecule has 142 valence electrons. The van der Waals surface area contributed by atoms with Crippen LogP contribution in [0.1, 0.15) is 35.0 Å². The van der Waals surface area contributed by atoms with Crippen LogP contribution in [0.25, 0.3) is 0 Å². The van der Waals surface area contributed by atoms with Gasteiger partial charge in [0.25, 0.3) is 12.3 Å². The van der Waals surface area contributed by atoms with E-state index in [1.54, 1.807) is 6.92 Å². The number of nitrogens with zero attached hydrogens (tertiary/aromatic N) is 3. The summed E-state index contributed by atoms with van der Waals surface area (Å²) in [5.74, 6) is -0.780. The van der Waals surface area contributed by atoms with Crippen LogP contribution in [0.2, 0.25) is 15.1 Å². The van der Waals surface area contributed by atoms with Crippen molar-refractivity contribution in [2.75, 3.05) is 7.11 Å². The van der Waals surface area contributed by atoms with E-state index in [9.17, 15) is 13.6 Å². The molecule has 0 saturated heterocycles. The quantitative estimate of drug-likeness (QED) is 0.614. The topological polar surface area (TPSA) is 47.4 Å². The van der Waals surface area contributed by atoms with E-state index in [2.05, 4.69) is 5.10 Å². The number of hydroxylamine groups is 2. The van der Waals surface area contributed by atoms with Crippen molar-refractivity contribution in [1.29, 1.82) is 0 Å². The molecular weight excluding hydrogens is 411 g/mol. The number of hydrogen-bond acceptors (Lipinski definition) is 3. The molecule has 26 heavy (non-hydrogen) atoms. The van der Waals surface area contributed by atoms with Crippen LogP contribution in [0.15, 0.2) is 18.3 Å². The molecule has 0 fully saturated rings. The molecule has 2 aromatic rings. The average Bonchev–Trinajstić information content (AvgIpc) is 2.93. The van der Waals surface area contributed by atoms with E-state index in [1.165, 1.54) is 26.3 Å². The van der Waals surface area contributed by atoms with Gasteiger partial charge in [0.15, 0.2) is 5.69 Å². The van der Waals surface area contributed by atoms with Crippen LogP contribution in [-0.4, -0.2) is 33.9 Å². The highest BCUT2D eigenvalue weighted by Crippen LogP contribution is 2.31. The minimum absolute atomic E-state index is 0.227. The number of hydrogen-bond donors (Lipinski definition) is 0. The Labute approximate surface area is 164 Å². The maximum Gasteiger partial charge on any atom is 0.298 e. The molecule has 1 aromatic carbocycles. The summed E-state index contributed by atoms with van der Waals surface area (Å²) in [4.78, 5) is 17.8. The van der Waals surface area contributed by atoms with E-state index in [-0.39, 0.29) is 12.1 Å². The normalized spacial score (nSPS) is 12.5. The van der Waals surface area contributed by atoms with Crippen LogP contribution < -0.4 is 0 Å². The lowest BCUT2D eigenvalue weighted by Gasteiger charge is -2.27. The molecule has 0 bridgehead atoms. The third kappa shape index (κ3) is 4.46. The van der Waals surface area contributed by atoms with Crippen LogP contribution >= 0.6 is 34.8 Å². The van der Waals surface area contributed by atoms with E-state index >= 15 is 0 Å². The van der Waals surface area contributed by atoms with Gasteiger partial charge in [-0.1, -0.05) is 34.8 Å². The number of carbonyl (C=O) groups excluding carboxylic acids is 1. The van der Waals surface area contributed by atoms with Gasteiger partial charge in [-0.05, 0) is 31.0 Å². The largest absolute Gasteiger partial charge is 0.298 e. The molecule has 0 aliphatic heterocycles. The number of benzene rings is 1. The third-order valence-electron chi connectivity index (χ3n) is 3.70. The predicted molar refractivity (Wildman–Crippen MR) is 96.0 cm³/mol. The highest BCUT2D eigenvalue weighted by atomic mass is 35.5. The lowest BCUT2D eigenvalue weighted by Crippen LogP contribution is -2.39. The molecule has 0 N–H and O–H groups in total. The first-order valence-corrected chi connectivity index (χ1v) is 8.61. The van der Waals surface area contributed by atoms with Gasteiger partial charge < -0.3 is 0 Å². The first kappa shape index (κ1) is 20.9. The second-order valence-electron chi connectivity index (χ2n) is 5.62. The minimum Gasteiger partial charge on any atom is -0.275 e. The number of halogens is 5. The molecule has 5 nitrogen and oxygen atoms in total. The van der Waals surface area contributed by atoms with E-state index in [4.69, 9.17) is 39.6 Å². The van der Waals surface area contributed by atoms with Crippen LogP contribution in [0, 0.1) is 0 Å². The van der Waals surface area contributed by atoms with Gasteiger partial charge in [-0.3, -0.25) is 14.3 Å². The number of alkyl halides is 2. The van der Waals surface area contributed by atoms with Crippen molar-refractivity contribution in [3.05, 3.63) is 50.2 Å². The molecule has 0 saturated carbocycles. The summed E-state index contributed by atoms with van der Waals surface area (Å²) in [5.41, 5.74) is -0.269. The molecule has 1 amide bonds. The Bertz CT molecular complexity index is 791. The lowest BCUT2D eigenvalue weighted by atomic mass is 10.1. The van der Waals surface area contributed by atoms with Crippen molar-refractivity contribution in [2.45, 2.75) is 25.8 Å². The fourth-order valence-corrected chi connectivity index (χ4v) is 3.52. The summed E-state index contributed by atoms with van der Waals surface area (Å²) < 4.78 is 27.4. The zero-order chi connectivity index (χ0) is 19.6. The van der Waals surface area contributed by atoms with Crippen LogP contribution in [-0.2, 0) is 18.3 Å². The van der Waals surface area contributed by atoms with E-state index in [0.717, 1.165) is 15.9 Å². The van der Waals surface area contributed by atoms with E-state index in [1.807, 2.05) is 0 Å². The zero-order valence-corrected chi connectivity index (χ0v) is 16.4. The Morgan fingerprint density at radius 3 is 2.38 bits per heavy atom. The van der Waals surface area contributed by atoms with Crippen LogP contribution in [0.4, 0.5) is 8.78 Å². The van der Waals surface area contributed by atoms with Gasteiger partial charge >= 0.3 is 0 Å². The van der Waals surface area contributed by atoms with Crippen molar-refractivity contribution >= 4 is 40.7 Å². The fourth-order valence-electron chi connectivity index (χ4n) is 2.55. The van der Waals surface area contributed by atoms with Crippen molar-refractivity contribution in [3.8, 4) is 0 Å². The zero-order valence-electron chi connectivity index (χ0n) is 14.1. The molecule has 2 rings (SSSR count). The number of aryl methyl sites for hydroxylation is 1. The summed E-state index contributed by atoms with van der Waals surface area (Å²) in [7, 11) is 2.72. The fraction of sp³-hybridized carbons (Fsp3) is 0.375. The maximum absolute atomic E-state index is 13.1. The van der Waals surface area contributed by atoms with Gasteiger partial charge in [-0.25, -0.2) is 13.8 Å². The number of amides is 1. The van der Waals surface area contributed by atoms with Crippen molar-refractivity contribution in [3.63, 3.8) is 0 Å². The summed E-state index contributed by atoms with van der Waals surface area (Å²) in [5, 5.41) is 5.86. The highest BCUT2D eigenvalue weighted by Gasteiger charge is 2.30. The molecule has 0 unspecified atom stereocenters. The lowest BCUT2D eigenvalue weighted by molar-refractivity contribution is -0.119. The molecule has 0 radical (unpaired) electrons. The van der Waals surface area contributed by atoms with Crippen molar-refractivity contribution in [2.24, 2.45) is 7.05 Å². The van der Waals surface area contributed by atoms with Gasteiger partial charge in [0, 0.05) is 28.3 Å². The second kappa shape index (κ2) is 8.52. The average molecular weight is 427 g/mol. The first-order valence-electron chi connectivity index (χ1n) is 7.48. The number of aromatic nitrogens is 2. The Balaban J connectivity index is 2.29. The summed E-state index contributed by atoms with van der Waals surface area (Å²) in [6.07, 6.45) is -1.51. The van der Waals surface area contributed by atoms with Crippen LogP contribution in [0.3, 0.4) is 0 Å². The molecule has 1 aromatic heterocycles. The highest BCUT2D eigenvalue weighted by molar-refractivity contribution is 6.39. The van der Waals surface area contributed by atoms with Gasteiger partial charge in [0.05, 0.1) is 18.7 Å². The monoisotopic (exact) mass is 425 g/mol. The van der Waals surface area contributed by atoms with E-state index < -0.39 is 23.9 Å².